The fourth-order valence-corrected chi connectivity index (χ4v) is 1.08. The quantitative estimate of drug-likeness (QED) is 0.590. The molecular weight excluding hydrogens is 206 g/mol. The van der Waals surface area contributed by atoms with Crippen molar-refractivity contribution in [1.82, 2.24) is 9.55 Å². The highest BCUT2D eigenvalue weighted by Gasteiger charge is 2.05. The Morgan fingerprint density at radius 3 is 3.07 bits per heavy atom. The lowest BCUT2D eigenvalue weighted by molar-refractivity contribution is 0.138. The molecule has 0 aliphatic rings. The van der Waals surface area contributed by atoms with Crippen LogP contribution in [0.5, 0.6) is 0 Å². The summed E-state index contributed by atoms with van der Waals surface area (Å²) in [6.07, 6.45) is 1.36. The molecule has 0 aliphatic carbocycles. The largest absolute Gasteiger partial charge is 0.392 e. The van der Waals surface area contributed by atoms with E-state index < -0.39 is 0 Å². The van der Waals surface area contributed by atoms with E-state index in [2.05, 4.69) is 4.98 Å². The Morgan fingerprint density at radius 2 is 2.43 bits per heavy atom. The molecule has 0 fully saturated rings. The first kappa shape index (κ1) is 11.0. The fourth-order valence-electron chi connectivity index (χ4n) is 0.952. The molecule has 0 bridgehead atoms. The van der Waals surface area contributed by atoms with E-state index in [4.69, 9.17) is 22.1 Å². The van der Waals surface area contributed by atoms with Crippen LogP contribution in [0.3, 0.4) is 0 Å². The average Bonchev–Trinajstić information content (AvgIpc) is 2.18. The third-order valence-corrected chi connectivity index (χ3v) is 2.01. The summed E-state index contributed by atoms with van der Waals surface area (Å²) in [5.74, 6) is 0. The van der Waals surface area contributed by atoms with Crippen molar-refractivity contribution in [2.24, 2.45) is 0 Å². The van der Waals surface area contributed by atoms with Gasteiger partial charge in [-0.15, -0.1) is 0 Å². The smallest absolute Gasteiger partial charge is 0.278 e. The van der Waals surface area contributed by atoms with Crippen LogP contribution in [0.25, 0.3) is 0 Å². The monoisotopic (exact) mass is 217 g/mol. The Balaban J connectivity index is 2.79. The van der Waals surface area contributed by atoms with E-state index in [1.54, 1.807) is 0 Å². The van der Waals surface area contributed by atoms with Gasteiger partial charge in [0.15, 0.2) is 5.15 Å². The van der Waals surface area contributed by atoms with Crippen LogP contribution >= 0.6 is 11.6 Å². The first-order valence-electron chi connectivity index (χ1n) is 4.25. The van der Waals surface area contributed by atoms with Gasteiger partial charge in [0.2, 0.25) is 0 Å². The van der Waals surface area contributed by atoms with Gasteiger partial charge in [-0.3, -0.25) is 9.36 Å². The van der Waals surface area contributed by atoms with E-state index >= 15 is 0 Å². The first-order valence-corrected chi connectivity index (χ1v) is 4.62. The zero-order valence-electron chi connectivity index (χ0n) is 7.86. The predicted molar refractivity (Wildman–Crippen MR) is 54.4 cm³/mol. The van der Waals surface area contributed by atoms with Crippen LogP contribution in [0, 0.1) is 0 Å². The summed E-state index contributed by atoms with van der Waals surface area (Å²) in [4.78, 5) is 15.2. The summed E-state index contributed by atoms with van der Waals surface area (Å²) >= 11 is 5.57. The van der Waals surface area contributed by atoms with Gasteiger partial charge in [0.05, 0.1) is 19.5 Å². The van der Waals surface area contributed by atoms with Crippen molar-refractivity contribution in [1.29, 1.82) is 0 Å². The third kappa shape index (κ3) is 2.46. The van der Waals surface area contributed by atoms with Crippen LogP contribution in [-0.4, -0.2) is 22.8 Å². The third-order valence-electron chi connectivity index (χ3n) is 1.70. The maximum atomic E-state index is 11.4. The molecule has 0 radical (unpaired) electrons. The molecule has 0 saturated carbocycles. The van der Waals surface area contributed by atoms with Gasteiger partial charge in [0.25, 0.3) is 5.56 Å². The molecule has 1 aromatic rings. The molecule has 5 nitrogen and oxygen atoms in total. The van der Waals surface area contributed by atoms with Crippen LogP contribution in [-0.2, 0) is 11.3 Å². The maximum Gasteiger partial charge on any atom is 0.278 e. The number of aromatic nitrogens is 2. The van der Waals surface area contributed by atoms with Crippen molar-refractivity contribution in [3.05, 3.63) is 21.8 Å². The summed E-state index contributed by atoms with van der Waals surface area (Å²) in [6, 6.07) is 0. The number of anilines is 1. The molecule has 0 amide bonds. The summed E-state index contributed by atoms with van der Waals surface area (Å²) in [7, 11) is 0. The van der Waals surface area contributed by atoms with Gasteiger partial charge in [-0.25, -0.2) is 4.98 Å². The summed E-state index contributed by atoms with van der Waals surface area (Å²) in [5.41, 5.74) is 5.07. The lowest BCUT2D eigenvalue weighted by Gasteiger charge is -2.06. The van der Waals surface area contributed by atoms with Crippen molar-refractivity contribution in [3.63, 3.8) is 0 Å². The van der Waals surface area contributed by atoms with Gasteiger partial charge in [0.1, 0.15) is 5.69 Å². The number of nitrogens with zero attached hydrogens (tertiary/aromatic N) is 2. The van der Waals surface area contributed by atoms with Crippen LogP contribution in [0.15, 0.2) is 11.1 Å². The van der Waals surface area contributed by atoms with E-state index in [-0.39, 0.29) is 16.4 Å². The first-order chi connectivity index (χ1) is 6.66. The van der Waals surface area contributed by atoms with Gasteiger partial charge in [-0.05, 0) is 6.92 Å². The Morgan fingerprint density at radius 1 is 1.71 bits per heavy atom. The number of nitrogens with two attached hydrogens (primary N) is 1. The van der Waals surface area contributed by atoms with Crippen molar-refractivity contribution < 1.29 is 4.74 Å². The molecule has 0 aliphatic heterocycles. The Bertz CT molecular complexity index is 364. The maximum absolute atomic E-state index is 11.4. The molecule has 2 N–H and O–H groups in total. The van der Waals surface area contributed by atoms with Crippen molar-refractivity contribution in [3.8, 4) is 0 Å². The van der Waals surface area contributed by atoms with Gasteiger partial charge in [-0.1, -0.05) is 11.6 Å². The Hall–Kier alpha value is -1.07. The van der Waals surface area contributed by atoms with E-state index in [0.29, 0.717) is 19.8 Å². The topological polar surface area (TPSA) is 70.1 Å². The van der Waals surface area contributed by atoms with Gasteiger partial charge < -0.3 is 10.5 Å². The summed E-state index contributed by atoms with van der Waals surface area (Å²) < 4.78 is 6.47. The van der Waals surface area contributed by atoms with E-state index in [9.17, 15) is 4.79 Å². The predicted octanol–water partition coefficient (Wildman–Crippen LogP) is 0.515. The van der Waals surface area contributed by atoms with Crippen LogP contribution in [0.2, 0.25) is 5.15 Å². The Kier molecular flexibility index (Phi) is 3.91. The fraction of sp³-hybridized carbons (Fsp3) is 0.500. The van der Waals surface area contributed by atoms with Crippen molar-refractivity contribution >= 4 is 17.3 Å². The molecule has 0 saturated heterocycles. The molecule has 6 heteroatoms. The highest BCUT2D eigenvalue weighted by atomic mass is 35.5. The van der Waals surface area contributed by atoms with Crippen LogP contribution in [0.1, 0.15) is 6.92 Å². The van der Waals surface area contributed by atoms with Crippen LogP contribution < -0.4 is 11.3 Å². The molecule has 0 atom stereocenters. The van der Waals surface area contributed by atoms with E-state index in [0.717, 1.165) is 0 Å². The zero-order chi connectivity index (χ0) is 10.6. The lowest BCUT2D eigenvalue weighted by atomic mass is 10.5. The molecule has 0 spiro atoms. The van der Waals surface area contributed by atoms with Gasteiger partial charge in [-0.2, -0.15) is 0 Å². The highest BCUT2D eigenvalue weighted by Crippen LogP contribution is 2.07. The van der Waals surface area contributed by atoms with Crippen molar-refractivity contribution in [2.45, 2.75) is 13.5 Å². The number of rotatable bonds is 4. The molecular formula is C8H12ClN3O2. The summed E-state index contributed by atoms with van der Waals surface area (Å²) in [6.45, 7) is 3.39. The number of ether oxygens (including phenoxy) is 1. The second-order valence-corrected chi connectivity index (χ2v) is 3.00. The molecule has 0 aromatic carbocycles. The number of nitrogen functional groups attached to an aromatic ring is 1. The van der Waals surface area contributed by atoms with Gasteiger partial charge >= 0.3 is 0 Å². The molecule has 1 heterocycles. The molecule has 0 unspecified atom stereocenters. The van der Waals surface area contributed by atoms with E-state index in [1.807, 2.05) is 6.92 Å². The molecule has 78 valence electrons. The molecule has 14 heavy (non-hydrogen) atoms. The second kappa shape index (κ2) is 4.97. The lowest BCUT2D eigenvalue weighted by Crippen LogP contribution is -2.25. The molecule has 1 rings (SSSR count). The highest BCUT2D eigenvalue weighted by molar-refractivity contribution is 6.31. The van der Waals surface area contributed by atoms with Crippen LogP contribution in [0.4, 0.5) is 5.69 Å². The van der Waals surface area contributed by atoms with E-state index in [1.165, 1.54) is 10.9 Å². The number of halogens is 1. The second-order valence-electron chi connectivity index (χ2n) is 2.64. The average molecular weight is 218 g/mol. The normalized spacial score (nSPS) is 10.4. The minimum absolute atomic E-state index is 0.0225. The number of hydrogen-bond acceptors (Lipinski definition) is 4. The minimum Gasteiger partial charge on any atom is -0.392 e. The Labute approximate surface area is 86.5 Å². The minimum atomic E-state index is -0.329. The van der Waals surface area contributed by atoms with Crippen molar-refractivity contribution in [2.75, 3.05) is 18.9 Å². The summed E-state index contributed by atoms with van der Waals surface area (Å²) in [5, 5.41) is 0.0441. The SMILES string of the molecule is CCOCCn1cnc(Cl)c(N)c1=O. The standard InChI is InChI=1S/C8H12ClN3O2/c1-2-14-4-3-12-5-11-7(9)6(10)8(12)13/h5H,2-4,10H2,1H3. The van der Waals surface area contributed by atoms with Gasteiger partial charge in [0, 0.05) is 6.61 Å². The molecule has 1 aromatic heterocycles. The number of hydrogen-bond donors (Lipinski definition) is 1. The zero-order valence-corrected chi connectivity index (χ0v) is 8.62.